The van der Waals surface area contributed by atoms with Crippen LogP contribution in [0.2, 0.25) is 0 Å². The van der Waals surface area contributed by atoms with E-state index in [9.17, 15) is 0 Å². The molecule has 0 aliphatic carbocycles. The Bertz CT molecular complexity index is 342. The van der Waals surface area contributed by atoms with Gasteiger partial charge in [0.15, 0.2) is 0 Å². The summed E-state index contributed by atoms with van der Waals surface area (Å²) in [5.74, 6) is 0. The predicted molar refractivity (Wildman–Crippen MR) is 75.0 cm³/mol. The van der Waals surface area contributed by atoms with E-state index in [2.05, 4.69) is 48.2 Å². The van der Waals surface area contributed by atoms with Crippen LogP contribution in [0.1, 0.15) is 23.8 Å². The fraction of sp³-hybridized carbons (Fsp3) is 0.571. The van der Waals surface area contributed by atoms with Gasteiger partial charge in [0.05, 0.1) is 5.38 Å². The van der Waals surface area contributed by atoms with Gasteiger partial charge in [-0.05, 0) is 43.6 Å². The van der Waals surface area contributed by atoms with E-state index >= 15 is 0 Å². The second-order valence-electron chi connectivity index (χ2n) is 4.96. The van der Waals surface area contributed by atoms with Crippen LogP contribution in [0.15, 0.2) is 24.3 Å². The first-order valence-corrected chi connectivity index (χ1v) is 6.74. The molecule has 1 saturated heterocycles. The number of anilines is 1. The topological polar surface area (TPSA) is 6.48 Å². The third-order valence-corrected chi connectivity index (χ3v) is 3.78. The highest BCUT2D eigenvalue weighted by Crippen LogP contribution is 2.25. The van der Waals surface area contributed by atoms with Gasteiger partial charge < -0.3 is 9.80 Å². The monoisotopic (exact) mass is 252 g/mol. The fourth-order valence-electron chi connectivity index (χ4n) is 2.28. The number of hydrogen-bond acceptors (Lipinski definition) is 2. The number of alkyl halides is 1. The van der Waals surface area contributed by atoms with Crippen LogP contribution in [-0.4, -0.2) is 38.6 Å². The Morgan fingerprint density at radius 1 is 1.18 bits per heavy atom. The molecular weight excluding hydrogens is 232 g/mol. The highest BCUT2D eigenvalue weighted by molar-refractivity contribution is 6.21. The summed E-state index contributed by atoms with van der Waals surface area (Å²) in [5, 5.41) is 0.115. The van der Waals surface area contributed by atoms with Crippen LogP contribution >= 0.6 is 11.6 Å². The molecule has 0 spiro atoms. The zero-order valence-corrected chi connectivity index (χ0v) is 11.5. The Morgan fingerprint density at radius 3 is 2.29 bits per heavy atom. The van der Waals surface area contributed by atoms with Crippen molar-refractivity contribution in [3.8, 4) is 0 Å². The summed E-state index contributed by atoms with van der Waals surface area (Å²) in [6, 6.07) is 8.55. The SMILES string of the molecule is CN(C)c1ccc(C(Cl)CN2CCCC2)cc1. The summed E-state index contributed by atoms with van der Waals surface area (Å²) in [6.45, 7) is 3.39. The third-order valence-electron chi connectivity index (χ3n) is 3.39. The van der Waals surface area contributed by atoms with E-state index in [4.69, 9.17) is 11.6 Å². The Morgan fingerprint density at radius 2 is 1.76 bits per heavy atom. The highest BCUT2D eigenvalue weighted by Gasteiger charge is 2.16. The van der Waals surface area contributed by atoms with Crippen molar-refractivity contribution in [2.24, 2.45) is 0 Å². The second kappa shape index (κ2) is 5.74. The van der Waals surface area contributed by atoms with Gasteiger partial charge >= 0.3 is 0 Å². The highest BCUT2D eigenvalue weighted by atomic mass is 35.5. The van der Waals surface area contributed by atoms with Crippen LogP contribution in [0, 0.1) is 0 Å². The molecule has 0 amide bonds. The van der Waals surface area contributed by atoms with E-state index in [-0.39, 0.29) is 5.38 Å². The molecule has 0 bridgehead atoms. The molecule has 1 fully saturated rings. The minimum Gasteiger partial charge on any atom is -0.378 e. The fourth-order valence-corrected chi connectivity index (χ4v) is 2.62. The third kappa shape index (κ3) is 3.36. The van der Waals surface area contributed by atoms with Gasteiger partial charge in [-0.1, -0.05) is 12.1 Å². The zero-order valence-electron chi connectivity index (χ0n) is 10.7. The Kier molecular flexibility index (Phi) is 4.30. The summed E-state index contributed by atoms with van der Waals surface area (Å²) < 4.78 is 0. The van der Waals surface area contributed by atoms with E-state index in [1.54, 1.807) is 0 Å². The maximum Gasteiger partial charge on any atom is 0.0712 e. The van der Waals surface area contributed by atoms with Gasteiger partial charge in [0.1, 0.15) is 0 Å². The minimum absolute atomic E-state index is 0.115. The molecule has 0 radical (unpaired) electrons. The Balaban J connectivity index is 1.96. The lowest BCUT2D eigenvalue weighted by Gasteiger charge is -2.20. The maximum atomic E-state index is 6.46. The molecule has 1 atom stereocenters. The van der Waals surface area contributed by atoms with Gasteiger partial charge in [0, 0.05) is 26.3 Å². The van der Waals surface area contributed by atoms with Crippen molar-refractivity contribution in [2.45, 2.75) is 18.2 Å². The van der Waals surface area contributed by atoms with Crippen LogP contribution < -0.4 is 4.90 Å². The van der Waals surface area contributed by atoms with Crippen LogP contribution in [0.25, 0.3) is 0 Å². The molecule has 3 heteroatoms. The zero-order chi connectivity index (χ0) is 12.3. The van der Waals surface area contributed by atoms with Crippen molar-refractivity contribution < 1.29 is 0 Å². The lowest BCUT2D eigenvalue weighted by molar-refractivity contribution is 0.339. The number of rotatable bonds is 4. The van der Waals surface area contributed by atoms with Gasteiger partial charge in [-0.25, -0.2) is 0 Å². The van der Waals surface area contributed by atoms with Crippen LogP contribution in [-0.2, 0) is 0 Å². The summed E-state index contributed by atoms with van der Waals surface area (Å²) in [6.07, 6.45) is 2.65. The quantitative estimate of drug-likeness (QED) is 0.760. The lowest BCUT2D eigenvalue weighted by Crippen LogP contribution is -2.23. The number of hydrogen-bond donors (Lipinski definition) is 0. The number of nitrogens with zero attached hydrogens (tertiary/aromatic N) is 2. The van der Waals surface area contributed by atoms with Gasteiger partial charge in [0.25, 0.3) is 0 Å². The van der Waals surface area contributed by atoms with Gasteiger partial charge in [-0.3, -0.25) is 0 Å². The first-order chi connectivity index (χ1) is 8.16. The lowest BCUT2D eigenvalue weighted by atomic mass is 10.1. The molecule has 1 aliphatic rings. The molecule has 2 rings (SSSR count). The molecule has 1 heterocycles. The van der Waals surface area contributed by atoms with Gasteiger partial charge in [0.2, 0.25) is 0 Å². The molecule has 1 aliphatic heterocycles. The summed E-state index contributed by atoms with van der Waals surface area (Å²) >= 11 is 6.46. The summed E-state index contributed by atoms with van der Waals surface area (Å²) in [7, 11) is 4.11. The normalized spacial score (nSPS) is 18.3. The van der Waals surface area contributed by atoms with Crippen molar-refractivity contribution in [1.29, 1.82) is 0 Å². The predicted octanol–water partition coefficient (Wildman–Crippen LogP) is 3.13. The van der Waals surface area contributed by atoms with E-state index in [1.165, 1.54) is 37.2 Å². The number of benzene rings is 1. The Hall–Kier alpha value is -0.730. The first-order valence-electron chi connectivity index (χ1n) is 6.30. The molecule has 0 N–H and O–H groups in total. The largest absolute Gasteiger partial charge is 0.378 e. The number of halogens is 1. The molecule has 94 valence electrons. The number of likely N-dealkylation sites (tertiary alicyclic amines) is 1. The second-order valence-corrected chi connectivity index (χ2v) is 5.49. The van der Waals surface area contributed by atoms with Crippen molar-refractivity contribution in [2.75, 3.05) is 38.6 Å². The summed E-state index contributed by atoms with van der Waals surface area (Å²) in [5.41, 5.74) is 2.45. The molecule has 1 aromatic carbocycles. The molecule has 1 unspecified atom stereocenters. The van der Waals surface area contributed by atoms with Crippen molar-refractivity contribution in [3.63, 3.8) is 0 Å². The minimum atomic E-state index is 0.115. The van der Waals surface area contributed by atoms with E-state index < -0.39 is 0 Å². The molecule has 0 aromatic heterocycles. The first kappa shape index (κ1) is 12.7. The standard InChI is InChI=1S/C14H21ClN2/c1-16(2)13-7-5-12(6-8-13)14(15)11-17-9-3-4-10-17/h5-8,14H,3-4,9-11H2,1-2H3. The smallest absolute Gasteiger partial charge is 0.0712 e. The molecule has 17 heavy (non-hydrogen) atoms. The average Bonchev–Trinajstić information content (AvgIpc) is 2.82. The van der Waals surface area contributed by atoms with Crippen LogP contribution in [0.5, 0.6) is 0 Å². The summed E-state index contributed by atoms with van der Waals surface area (Å²) in [4.78, 5) is 4.56. The molecule has 1 aromatic rings. The van der Waals surface area contributed by atoms with Gasteiger partial charge in [-0.15, -0.1) is 11.6 Å². The molecule has 0 saturated carbocycles. The molecular formula is C14H21ClN2. The van der Waals surface area contributed by atoms with Crippen molar-refractivity contribution in [3.05, 3.63) is 29.8 Å². The Labute approximate surface area is 109 Å². The van der Waals surface area contributed by atoms with Crippen LogP contribution in [0.3, 0.4) is 0 Å². The van der Waals surface area contributed by atoms with Crippen molar-refractivity contribution >= 4 is 17.3 Å². The van der Waals surface area contributed by atoms with E-state index in [0.717, 1.165) is 6.54 Å². The van der Waals surface area contributed by atoms with Crippen LogP contribution in [0.4, 0.5) is 5.69 Å². The van der Waals surface area contributed by atoms with Gasteiger partial charge in [-0.2, -0.15) is 0 Å². The van der Waals surface area contributed by atoms with Crippen molar-refractivity contribution in [1.82, 2.24) is 4.90 Å². The maximum absolute atomic E-state index is 6.46. The van der Waals surface area contributed by atoms with E-state index in [1.807, 2.05) is 0 Å². The van der Waals surface area contributed by atoms with E-state index in [0.29, 0.717) is 0 Å². The molecule has 2 nitrogen and oxygen atoms in total. The average molecular weight is 253 g/mol.